The van der Waals surface area contributed by atoms with Crippen LogP contribution >= 0.6 is 0 Å². The molecule has 2 amide bonds. The van der Waals surface area contributed by atoms with Gasteiger partial charge in [-0.2, -0.15) is 0 Å². The molecule has 0 aliphatic carbocycles. The Hall–Kier alpha value is -1.10. The quantitative estimate of drug-likeness (QED) is 0.782. The van der Waals surface area contributed by atoms with Crippen molar-refractivity contribution in [3.05, 3.63) is 0 Å². The maximum absolute atomic E-state index is 12.4. The summed E-state index contributed by atoms with van der Waals surface area (Å²) < 4.78 is 5.00. The summed E-state index contributed by atoms with van der Waals surface area (Å²) in [4.78, 5) is 26.1. The first kappa shape index (κ1) is 14.0. The van der Waals surface area contributed by atoms with Crippen LogP contribution < -0.4 is 5.32 Å². The molecule has 98 valence electrons. The lowest BCUT2D eigenvalue weighted by atomic mass is 9.87. The predicted octanol–water partition coefficient (Wildman–Crippen LogP) is 0.539. The van der Waals surface area contributed by atoms with Gasteiger partial charge in [-0.3, -0.25) is 9.59 Å². The summed E-state index contributed by atoms with van der Waals surface area (Å²) in [6.07, 6.45) is 0.580. The van der Waals surface area contributed by atoms with E-state index in [4.69, 9.17) is 4.74 Å². The van der Waals surface area contributed by atoms with Crippen LogP contribution in [-0.4, -0.2) is 48.1 Å². The molecule has 0 bridgehead atoms. The minimum absolute atomic E-state index is 0.0401. The van der Waals surface area contributed by atoms with Crippen LogP contribution in [-0.2, 0) is 14.3 Å². The topological polar surface area (TPSA) is 58.6 Å². The Morgan fingerprint density at radius 2 is 1.88 bits per heavy atom. The molecule has 0 aromatic heterocycles. The molecule has 1 saturated heterocycles. The minimum Gasteiger partial charge on any atom is -0.383 e. The molecular formula is C12H22N2O3. The largest absolute Gasteiger partial charge is 0.383 e. The van der Waals surface area contributed by atoms with Gasteiger partial charge < -0.3 is 15.0 Å². The van der Waals surface area contributed by atoms with Crippen LogP contribution in [0.25, 0.3) is 0 Å². The van der Waals surface area contributed by atoms with Crippen LogP contribution in [0.15, 0.2) is 0 Å². The molecule has 0 aromatic carbocycles. The molecule has 5 heteroatoms. The molecule has 1 aliphatic heterocycles. The molecule has 0 saturated carbocycles. The van der Waals surface area contributed by atoms with Gasteiger partial charge in [-0.15, -0.1) is 0 Å². The second-order valence-electron chi connectivity index (χ2n) is 5.15. The molecule has 1 unspecified atom stereocenters. The molecule has 1 fully saturated rings. The maximum Gasteiger partial charge on any atom is 0.248 e. The van der Waals surface area contributed by atoms with Gasteiger partial charge in [0.15, 0.2) is 0 Å². The zero-order valence-corrected chi connectivity index (χ0v) is 11.3. The molecule has 17 heavy (non-hydrogen) atoms. The number of piperazine rings is 1. The number of nitrogens with zero attached hydrogens (tertiary/aromatic N) is 1. The Balaban J connectivity index is 3.02. The number of hydrogen-bond donors (Lipinski definition) is 1. The molecule has 1 rings (SSSR count). The lowest BCUT2D eigenvalue weighted by Crippen LogP contribution is -2.73. The Kier molecular flexibility index (Phi) is 3.81. The number of amides is 2. The van der Waals surface area contributed by atoms with Crippen LogP contribution in [0.5, 0.6) is 0 Å². The van der Waals surface area contributed by atoms with Gasteiger partial charge in [0.25, 0.3) is 0 Å². The molecule has 1 heterocycles. The number of ether oxygens (including phenoxy) is 1. The van der Waals surface area contributed by atoms with Crippen molar-refractivity contribution < 1.29 is 14.3 Å². The first-order valence-corrected chi connectivity index (χ1v) is 5.93. The van der Waals surface area contributed by atoms with Crippen LogP contribution in [0.3, 0.4) is 0 Å². The number of methoxy groups -OCH3 is 1. The van der Waals surface area contributed by atoms with Crippen LogP contribution in [0.4, 0.5) is 0 Å². The number of rotatable bonds is 4. The molecule has 0 spiro atoms. The first-order valence-electron chi connectivity index (χ1n) is 5.93. The molecule has 5 nitrogen and oxygen atoms in total. The second kappa shape index (κ2) is 4.64. The highest BCUT2D eigenvalue weighted by molar-refractivity contribution is 6.01. The Bertz CT molecular complexity index is 328. The Morgan fingerprint density at radius 3 is 2.35 bits per heavy atom. The van der Waals surface area contributed by atoms with Gasteiger partial charge in [0, 0.05) is 13.7 Å². The fourth-order valence-corrected chi connectivity index (χ4v) is 1.93. The first-order chi connectivity index (χ1) is 7.79. The molecule has 1 aliphatic rings. The molecule has 1 atom stereocenters. The van der Waals surface area contributed by atoms with Crippen molar-refractivity contribution in [2.75, 3.05) is 20.3 Å². The van der Waals surface area contributed by atoms with E-state index in [-0.39, 0.29) is 11.8 Å². The Morgan fingerprint density at radius 1 is 1.29 bits per heavy atom. The lowest BCUT2D eigenvalue weighted by Gasteiger charge is -2.48. The van der Waals surface area contributed by atoms with E-state index in [1.54, 1.807) is 32.8 Å². The average molecular weight is 242 g/mol. The predicted molar refractivity (Wildman–Crippen MR) is 64.5 cm³/mol. The normalized spacial score (nSPS) is 28.2. The van der Waals surface area contributed by atoms with E-state index < -0.39 is 11.1 Å². The summed E-state index contributed by atoms with van der Waals surface area (Å²) in [6.45, 7) is 8.04. The van der Waals surface area contributed by atoms with Gasteiger partial charge in [0.1, 0.15) is 11.1 Å². The number of hydrogen-bond acceptors (Lipinski definition) is 3. The zero-order valence-electron chi connectivity index (χ0n) is 11.3. The van der Waals surface area contributed by atoms with Crippen molar-refractivity contribution in [2.24, 2.45) is 0 Å². The van der Waals surface area contributed by atoms with Crippen molar-refractivity contribution in [1.29, 1.82) is 0 Å². The summed E-state index contributed by atoms with van der Waals surface area (Å²) in [5.41, 5.74) is -1.61. The fraction of sp³-hybridized carbons (Fsp3) is 0.833. The van der Waals surface area contributed by atoms with Gasteiger partial charge in [0.2, 0.25) is 11.8 Å². The van der Waals surface area contributed by atoms with Crippen molar-refractivity contribution >= 4 is 11.8 Å². The third-order valence-electron chi connectivity index (χ3n) is 3.56. The summed E-state index contributed by atoms with van der Waals surface area (Å²) in [7, 11) is 1.58. The van der Waals surface area contributed by atoms with E-state index in [1.807, 2.05) is 6.92 Å². The highest BCUT2D eigenvalue weighted by Crippen LogP contribution is 2.27. The van der Waals surface area contributed by atoms with Gasteiger partial charge in [-0.05, 0) is 27.2 Å². The van der Waals surface area contributed by atoms with Gasteiger partial charge in [-0.25, -0.2) is 0 Å². The SMILES string of the molecule is CCC1(C)NC(=O)C(C)(C)N(CCOC)C1=O. The highest BCUT2D eigenvalue weighted by atomic mass is 16.5. The smallest absolute Gasteiger partial charge is 0.248 e. The van der Waals surface area contributed by atoms with E-state index in [9.17, 15) is 9.59 Å². The highest BCUT2D eigenvalue weighted by Gasteiger charge is 2.51. The third-order valence-corrected chi connectivity index (χ3v) is 3.56. The standard InChI is InChI=1S/C12H22N2O3/c1-6-12(4)10(16)14(7-8-17-5)11(2,3)9(15)13-12/h6-8H2,1-5H3,(H,13,15). The Labute approximate surface area is 102 Å². The number of carbonyl (C=O) groups excluding carboxylic acids is 2. The van der Waals surface area contributed by atoms with Crippen molar-refractivity contribution in [3.8, 4) is 0 Å². The zero-order chi connectivity index (χ0) is 13.3. The third kappa shape index (κ3) is 2.29. The van der Waals surface area contributed by atoms with Crippen molar-refractivity contribution in [2.45, 2.75) is 45.2 Å². The van der Waals surface area contributed by atoms with Crippen molar-refractivity contribution in [3.63, 3.8) is 0 Å². The average Bonchev–Trinajstić information content (AvgIpc) is 2.27. The minimum atomic E-state index is -0.815. The summed E-state index contributed by atoms with van der Waals surface area (Å²) in [6, 6.07) is 0. The summed E-state index contributed by atoms with van der Waals surface area (Å²) >= 11 is 0. The van der Waals surface area contributed by atoms with E-state index in [0.717, 1.165) is 0 Å². The van der Waals surface area contributed by atoms with E-state index in [0.29, 0.717) is 19.6 Å². The van der Waals surface area contributed by atoms with Crippen LogP contribution in [0, 0.1) is 0 Å². The van der Waals surface area contributed by atoms with E-state index in [1.165, 1.54) is 0 Å². The van der Waals surface area contributed by atoms with Crippen LogP contribution in [0.1, 0.15) is 34.1 Å². The fourth-order valence-electron chi connectivity index (χ4n) is 1.93. The summed E-state index contributed by atoms with van der Waals surface area (Å²) in [5.74, 6) is -0.154. The molecule has 0 radical (unpaired) electrons. The molecule has 1 N–H and O–H groups in total. The summed E-state index contributed by atoms with van der Waals surface area (Å²) in [5, 5.41) is 2.82. The van der Waals surface area contributed by atoms with Gasteiger partial charge in [0.05, 0.1) is 6.61 Å². The van der Waals surface area contributed by atoms with Gasteiger partial charge >= 0.3 is 0 Å². The van der Waals surface area contributed by atoms with Crippen molar-refractivity contribution in [1.82, 2.24) is 10.2 Å². The van der Waals surface area contributed by atoms with E-state index >= 15 is 0 Å². The maximum atomic E-state index is 12.4. The van der Waals surface area contributed by atoms with Crippen LogP contribution in [0.2, 0.25) is 0 Å². The lowest BCUT2D eigenvalue weighted by molar-refractivity contribution is -0.161. The number of carbonyl (C=O) groups is 2. The number of nitrogens with one attached hydrogen (secondary N) is 1. The van der Waals surface area contributed by atoms with E-state index in [2.05, 4.69) is 5.32 Å². The second-order valence-corrected chi connectivity index (χ2v) is 5.15. The molecule has 0 aromatic rings. The molecular weight excluding hydrogens is 220 g/mol. The van der Waals surface area contributed by atoms with Gasteiger partial charge in [-0.1, -0.05) is 6.92 Å². The monoisotopic (exact) mass is 242 g/mol.